The summed E-state index contributed by atoms with van der Waals surface area (Å²) in [6, 6.07) is 8.53. The smallest absolute Gasteiger partial charge is 0.416 e. The fourth-order valence-corrected chi connectivity index (χ4v) is 1.82. The maximum atomic E-state index is 12.1. The number of halogens is 6. The molecule has 2 aromatic carbocycles. The summed E-state index contributed by atoms with van der Waals surface area (Å²) in [4.78, 5) is 0. The Kier molecular flexibility index (Phi) is 14.2. The maximum absolute atomic E-state index is 12.1. The van der Waals surface area contributed by atoms with E-state index in [1.807, 2.05) is 0 Å². The van der Waals surface area contributed by atoms with Crippen molar-refractivity contribution in [1.29, 1.82) is 0 Å². The van der Waals surface area contributed by atoms with Crippen LogP contribution in [0.15, 0.2) is 55.1 Å². The van der Waals surface area contributed by atoms with Gasteiger partial charge in [0.1, 0.15) is 0 Å². The summed E-state index contributed by atoms with van der Waals surface area (Å²) in [5.41, 5.74) is 13.9. The topological polar surface area (TPSA) is 47.6 Å². The van der Waals surface area contributed by atoms with Crippen LogP contribution in [0.2, 0.25) is 0 Å². The number of hydrogen-bond acceptors (Lipinski definition) is 0. The molecule has 1 unspecified atom stereocenters. The minimum absolute atomic E-state index is 0. The van der Waals surface area contributed by atoms with Crippen molar-refractivity contribution in [3.8, 4) is 0 Å². The molecule has 0 bridgehead atoms. The summed E-state index contributed by atoms with van der Waals surface area (Å²) in [6.07, 6.45) is -8.61. The van der Waals surface area contributed by atoms with Crippen LogP contribution in [0.25, 0.3) is 17.2 Å². The second-order valence-electron chi connectivity index (χ2n) is 5.40. The first-order valence-corrected chi connectivity index (χ1v) is 7.28. The van der Waals surface area contributed by atoms with Crippen molar-refractivity contribution >= 4 is 5.70 Å². The minimum atomic E-state index is -4.32. The summed E-state index contributed by atoms with van der Waals surface area (Å²) in [5.74, 6) is 0. The molecule has 2 rings (SSSR count). The van der Waals surface area contributed by atoms with Crippen LogP contribution < -0.4 is 0 Å². The molecule has 28 heavy (non-hydrogen) atoms. The maximum Gasteiger partial charge on any atom is 0.416 e. The molecule has 0 aliphatic carbocycles. The van der Waals surface area contributed by atoms with Crippen LogP contribution in [0, 0.1) is 88.1 Å². The molecule has 10 heteroatoms. The van der Waals surface area contributed by atoms with Gasteiger partial charge in [0.05, 0.1) is 11.1 Å². The molecule has 0 saturated carbocycles. The zero-order valence-electron chi connectivity index (χ0n) is 14.8. The van der Waals surface area contributed by atoms with Crippen molar-refractivity contribution in [1.82, 2.24) is 0 Å². The number of rotatable bonds is 2. The van der Waals surface area contributed by atoms with E-state index in [1.165, 1.54) is 24.3 Å². The van der Waals surface area contributed by atoms with E-state index in [1.54, 1.807) is 6.92 Å². The zero-order chi connectivity index (χ0) is 20.1. The number of alkyl halides is 6. The molecule has 0 aromatic heterocycles. The van der Waals surface area contributed by atoms with Crippen LogP contribution in [-0.4, -0.2) is 0 Å². The summed E-state index contributed by atoms with van der Waals surface area (Å²) < 4.78 is 72.4. The Hall–Kier alpha value is 0.403. The van der Waals surface area contributed by atoms with E-state index in [2.05, 4.69) is 6.58 Å². The SMILES string of the molecule is C=C([NH-])c1ccc(C(F)(F)F)cc1.CC([NH-])c1ccc(C(F)(F)F)cc1.[Ac].[Ac]. The summed E-state index contributed by atoms with van der Waals surface area (Å²) in [7, 11) is 0. The van der Waals surface area contributed by atoms with Crippen LogP contribution in [0.3, 0.4) is 0 Å². The fraction of sp³-hybridized carbons (Fsp3) is 0.222. The van der Waals surface area contributed by atoms with E-state index in [9.17, 15) is 26.3 Å². The summed E-state index contributed by atoms with van der Waals surface area (Å²) in [6.45, 7) is 4.92. The van der Waals surface area contributed by atoms with Crippen LogP contribution in [0.4, 0.5) is 26.3 Å². The van der Waals surface area contributed by atoms with Gasteiger partial charge >= 0.3 is 12.4 Å². The van der Waals surface area contributed by atoms with Gasteiger partial charge < -0.3 is 11.5 Å². The van der Waals surface area contributed by atoms with Gasteiger partial charge in [0, 0.05) is 88.1 Å². The fourth-order valence-electron chi connectivity index (χ4n) is 1.82. The zero-order valence-corrected chi connectivity index (χ0v) is 24.3. The molecule has 2 aromatic rings. The molecule has 0 heterocycles. The second-order valence-corrected chi connectivity index (χ2v) is 5.40. The summed E-state index contributed by atoms with van der Waals surface area (Å²) in [5, 5.41) is 0. The van der Waals surface area contributed by atoms with Gasteiger partial charge in [-0.25, -0.2) is 0 Å². The third kappa shape index (κ3) is 10.4. The molecular formula is C18H16Ac2F6N2-2. The Morgan fingerprint density at radius 1 is 0.786 bits per heavy atom. The number of benzene rings is 2. The van der Waals surface area contributed by atoms with Crippen LogP contribution >= 0.6 is 0 Å². The molecular weight excluding hydrogens is 812 g/mol. The van der Waals surface area contributed by atoms with Crippen LogP contribution in [0.5, 0.6) is 0 Å². The van der Waals surface area contributed by atoms with Gasteiger partial charge in [-0.1, -0.05) is 36.8 Å². The van der Waals surface area contributed by atoms with Gasteiger partial charge in [-0.3, -0.25) is 0 Å². The average Bonchev–Trinajstić information content (AvgIpc) is 2.54. The number of hydrogen-bond donors (Lipinski definition) is 0. The van der Waals surface area contributed by atoms with Gasteiger partial charge in [0.2, 0.25) is 0 Å². The van der Waals surface area contributed by atoms with Crippen molar-refractivity contribution in [3.05, 3.63) is 88.8 Å². The van der Waals surface area contributed by atoms with Gasteiger partial charge in [-0.15, -0.1) is 18.3 Å². The Bertz CT molecular complexity index is 724. The molecule has 148 valence electrons. The first-order chi connectivity index (χ1) is 11.8. The quantitative estimate of drug-likeness (QED) is 0.281. The molecule has 2 nitrogen and oxygen atoms in total. The van der Waals surface area contributed by atoms with Crippen molar-refractivity contribution in [2.45, 2.75) is 25.3 Å². The van der Waals surface area contributed by atoms with Crippen molar-refractivity contribution in [3.63, 3.8) is 0 Å². The Morgan fingerprint density at radius 2 is 1.11 bits per heavy atom. The molecule has 2 radical (unpaired) electrons. The monoisotopic (exact) mass is 828 g/mol. The van der Waals surface area contributed by atoms with E-state index in [0.717, 1.165) is 24.3 Å². The average molecular weight is 828 g/mol. The molecule has 0 amide bonds. The summed E-state index contributed by atoms with van der Waals surface area (Å²) >= 11 is 0. The minimum Gasteiger partial charge on any atom is -0.699 e. The molecule has 2 N–H and O–H groups in total. The molecule has 0 saturated heterocycles. The van der Waals surface area contributed by atoms with Gasteiger partial charge in [0.25, 0.3) is 0 Å². The van der Waals surface area contributed by atoms with Crippen LogP contribution in [-0.2, 0) is 12.4 Å². The van der Waals surface area contributed by atoms with Crippen molar-refractivity contribution in [2.75, 3.05) is 0 Å². The van der Waals surface area contributed by atoms with Gasteiger partial charge in [-0.05, 0) is 29.8 Å². The molecule has 1 atom stereocenters. The van der Waals surface area contributed by atoms with E-state index in [0.29, 0.717) is 11.1 Å². The Labute approximate surface area is 231 Å². The van der Waals surface area contributed by atoms with Crippen molar-refractivity contribution < 1.29 is 114 Å². The van der Waals surface area contributed by atoms with E-state index in [4.69, 9.17) is 11.5 Å². The first kappa shape index (κ1) is 30.6. The molecule has 0 fully saturated rings. The van der Waals surface area contributed by atoms with E-state index in [-0.39, 0.29) is 93.8 Å². The normalized spacial score (nSPS) is 11.9. The third-order valence-electron chi connectivity index (χ3n) is 3.30. The Morgan fingerprint density at radius 3 is 1.36 bits per heavy atom. The predicted molar refractivity (Wildman–Crippen MR) is 89.0 cm³/mol. The second kappa shape index (κ2) is 13.0. The standard InChI is InChI=1S/C9H9F3N.C9H7F3N.2Ac/c2*1-6(13)7-2-4-8(5-3-7)9(10,11)12;;/h2-6,13H,1H3;2-5,13H,1H2;;/q2*-1;;. The van der Waals surface area contributed by atoms with Crippen LogP contribution in [0.1, 0.15) is 35.2 Å². The predicted octanol–water partition coefficient (Wildman–Crippen LogP) is 7.55. The van der Waals surface area contributed by atoms with E-state index < -0.39 is 29.5 Å². The Balaban J connectivity index is 0. The molecule has 0 aliphatic heterocycles. The molecule has 0 spiro atoms. The van der Waals surface area contributed by atoms with Crippen molar-refractivity contribution in [2.24, 2.45) is 0 Å². The van der Waals surface area contributed by atoms with Gasteiger partial charge in [0.15, 0.2) is 0 Å². The molecule has 0 aliphatic rings. The third-order valence-corrected chi connectivity index (χ3v) is 3.30. The first-order valence-electron chi connectivity index (χ1n) is 7.28. The van der Waals surface area contributed by atoms with Gasteiger partial charge in [-0.2, -0.15) is 26.3 Å². The largest absolute Gasteiger partial charge is 0.699 e. The van der Waals surface area contributed by atoms with E-state index >= 15 is 0 Å². The number of nitrogens with one attached hydrogen (secondary N) is 2.